The molecule has 0 unspecified atom stereocenters. The number of aromatic nitrogens is 2. The van der Waals surface area contributed by atoms with Crippen molar-refractivity contribution >= 4 is 26.8 Å². The van der Waals surface area contributed by atoms with Crippen molar-refractivity contribution in [3.63, 3.8) is 0 Å². The van der Waals surface area contributed by atoms with E-state index in [1.165, 1.54) is 0 Å². The number of nitrogens with zero attached hydrogens (tertiary/aromatic N) is 2. The molecule has 7 heteroatoms. The van der Waals surface area contributed by atoms with Crippen molar-refractivity contribution < 1.29 is 18.9 Å². The Balaban J connectivity index is 2.13. The van der Waals surface area contributed by atoms with Gasteiger partial charge in [0.05, 0.1) is 34.0 Å². The number of halogens is 1. The molecule has 0 saturated carbocycles. The Morgan fingerprint density at radius 2 is 1.58 bits per heavy atom. The van der Waals surface area contributed by atoms with Crippen LogP contribution in [0.3, 0.4) is 0 Å². The largest absolute Gasteiger partial charge is 0.491 e. The van der Waals surface area contributed by atoms with Crippen LogP contribution in [-0.4, -0.2) is 38.4 Å². The number of fused-ring (bicyclic) bond motifs is 1. The molecule has 0 bridgehead atoms. The number of ether oxygens (including phenoxy) is 4. The summed E-state index contributed by atoms with van der Waals surface area (Å²) in [5.41, 5.74) is 2.66. The van der Waals surface area contributed by atoms with Crippen LogP contribution in [0.4, 0.5) is 0 Å². The smallest absolute Gasteiger partial charge is 0.260 e. The van der Waals surface area contributed by atoms with Crippen LogP contribution in [0.15, 0.2) is 34.8 Å². The van der Waals surface area contributed by atoms with Gasteiger partial charge in [-0.2, -0.15) is 4.98 Å². The molecule has 0 atom stereocenters. The Bertz CT molecular complexity index is 946. The van der Waals surface area contributed by atoms with E-state index in [1.54, 1.807) is 28.4 Å². The van der Waals surface area contributed by atoms with Gasteiger partial charge in [0, 0.05) is 33.5 Å². The number of methoxy groups -OCH3 is 4. The van der Waals surface area contributed by atoms with Crippen molar-refractivity contribution in [3.05, 3.63) is 45.9 Å². The minimum atomic E-state index is 0.373. The highest BCUT2D eigenvalue weighted by Gasteiger charge is 2.18. The predicted octanol–water partition coefficient (Wildman–Crippen LogP) is 4.02. The molecular formula is C19H19BrN2O4. The average molecular weight is 419 g/mol. The molecule has 2 aromatic heterocycles. The van der Waals surface area contributed by atoms with Crippen LogP contribution in [0.25, 0.3) is 10.9 Å². The zero-order valence-corrected chi connectivity index (χ0v) is 16.6. The van der Waals surface area contributed by atoms with E-state index in [4.69, 9.17) is 18.9 Å². The van der Waals surface area contributed by atoms with Crippen LogP contribution in [0.5, 0.6) is 23.4 Å². The summed E-state index contributed by atoms with van der Waals surface area (Å²) in [6.07, 6.45) is 0.525. The SMILES string of the molecule is COc1cc(Cc2cc3cc(Br)ccc3nc2OC)c(OC)c(OC)n1. The van der Waals surface area contributed by atoms with Gasteiger partial charge in [-0.1, -0.05) is 15.9 Å². The zero-order chi connectivity index (χ0) is 18.7. The molecule has 3 rings (SSSR count). The number of rotatable bonds is 6. The van der Waals surface area contributed by atoms with Crippen LogP contribution in [0, 0.1) is 0 Å². The van der Waals surface area contributed by atoms with Crippen molar-refractivity contribution in [3.8, 4) is 23.4 Å². The minimum Gasteiger partial charge on any atom is -0.491 e. The summed E-state index contributed by atoms with van der Waals surface area (Å²) in [7, 11) is 6.31. The Morgan fingerprint density at radius 3 is 2.23 bits per heavy atom. The van der Waals surface area contributed by atoms with Crippen molar-refractivity contribution in [1.29, 1.82) is 0 Å². The molecule has 136 valence electrons. The number of hydrogen-bond donors (Lipinski definition) is 0. The molecule has 0 aliphatic rings. The van der Waals surface area contributed by atoms with Gasteiger partial charge in [-0.15, -0.1) is 0 Å². The van der Waals surface area contributed by atoms with Crippen LogP contribution < -0.4 is 18.9 Å². The van der Waals surface area contributed by atoms with Crippen LogP contribution in [-0.2, 0) is 6.42 Å². The number of hydrogen-bond acceptors (Lipinski definition) is 6. The maximum absolute atomic E-state index is 5.51. The third kappa shape index (κ3) is 3.53. The average Bonchev–Trinajstić information content (AvgIpc) is 2.66. The molecule has 0 fully saturated rings. The molecular weight excluding hydrogens is 400 g/mol. The monoisotopic (exact) mass is 418 g/mol. The highest BCUT2D eigenvalue weighted by atomic mass is 79.9. The van der Waals surface area contributed by atoms with Crippen LogP contribution in [0.1, 0.15) is 11.1 Å². The van der Waals surface area contributed by atoms with Gasteiger partial charge in [0.15, 0.2) is 5.75 Å². The van der Waals surface area contributed by atoms with Gasteiger partial charge < -0.3 is 18.9 Å². The van der Waals surface area contributed by atoms with E-state index in [9.17, 15) is 0 Å². The second-order valence-electron chi connectivity index (χ2n) is 5.54. The summed E-state index contributed by atoms with van der Waals surface area (Å²) in [5.74, 6) is 1.95. The lowest BCUT2D eigenvalue weighted by Crippen LogP contribution is -2.03. The Morgan fingerprint density at radius 1 is 0.808 bits per heavy atom. The summed E-state index contributed by atoms with van der Waals surface area (Å²) < 4.78 is 22.6. The summed E-state index contributed by atoms with van der Waals surface area (Å²) in [4.78, 5) is 8.87. The fraction of sp³-hybridized carbons (Fsp3) is 0.263. The van der Waals surface area contributed by atoms with Gasteiger partial charge in [0.2, 0.25) is 11.8 Å². The third-order valence-electron chi connectivity index (χ3n) is 3.99. The van der Waals surface area contributed by atoms with Crippen molar-refractivity contribution in [1.82, 2.24) is 9.97 Å². The van der Waals surface area contributed by atoms with Gasteiger partial charge >= 0.3 is 0 Å². The number of benzene rings is 1. The maximum Gasteiger partial charge on any atom is 0.260 e. The third-order valence-corrected chi connectivity index (χ3v) is 4.49. The quantitative estimate of drug-likeness (QED) is 0.602. The second-order valence-corrected chi connectivity index (χ2v) is 6.45. The molecule has 1 aromatic carbocycles. The molecule has 0 amide bonds. The Hall–Kier alpha value is -2.54. The molecule has 6 nitrogen and oxygen atoms in total. The van der Waals surface area contributed by atoms with Crippen molar-refractivity contribution in [2.45, 2.75) is 6.42 Å². The first-order valence-electron chi connectivity index (χ1n) is 7.88. The fourth-order valence-electron chi connectivity index (χ4n) is 2.81. The molecule has 0 saturated heterocycles. The zero-order valence-electron chi connectivity index (χ0n) is 15.0. The topological polar surface area (TPSA) is 62.7 Å². The second kappa shape index (κ2) is 7.78. The fourth-order valence-corrected chi connectivity index (χ4v) is 3.19. The molecule has 0 spiro atoms. The number of pyridine rings is 2. The molecule has 26 heavy (non-hydrogen) atoms. The normalized spacial score (nSPS) is 10.7. The molecule has 0 aliphatic carbocycles. The van der Waals surface area contributed by atoms with Crippen molar-refractivity contribution in [2.75, 3.05) is 28.4 Å². The van der Waals surface area contributed by atoms with E-state index in [0.717, 1.165) is 26.5 Å². The summed E-state index contributed by atoms with van der Waals surface area (Å²) in [6, 6.07) is 9.81. The van der Waals surface area contributed by atoms with Crippen LogP contribution in [0.2, 0.25) is 0 Å². The van der Waals surface area contributed by atoms with E-state index in [1.807, 2.05) is 24.3 Å². The van der Waals surface area contributed by atoms with Gasteiger partial charge in [0.25, 0.3) is 5.88 Å². The van der Waals surface area contributed by atoms with Gasteiger partial charge in [-0.25, -0.2) is 4.98 Å². The highest BCUT2D eigenvalue weighted by Crippen LogP contribution is 2.35. The first-order valence-corrected chi connectivity index (χ1v) is 8.68. The summed E-state index contributed by atoms with van der Waals surface area (Å²) in [6.45, 7) is 0. The summed E-state index contributed by atoms with van der Waals surface area (Å²) >= 11 is 3.50. The standard InChI is InChI=1S/C19H19BrN2O4/c1-23-16-10-12(17(24-2)19(22-16)26-4)8-13-7-11-9-14(20)5-6-15(11)21-18(13)25-3/h5-7,9-10H,8H2,1-4H3. The molecule has 0 radical (unpaired) electrons. The van der Waals surface area contributed by atoms with E-state index in [-0.39, 0.29) is 0 Å². The Kier molecular flexibility index (Phi) is 5.46. The molecule has 0 aliphatic heterocycles. The van der Waals surface area contributed by atoms with E-state index < -0.39 is 0 Å². The Labute approximate surface area is 160 Å². The first kappa shape index (κ1) is 18.3. The summed E-state index contributed by atoms with van der Waals surface area (Å²) in [5, 5.41) is 1.02. The molecule has 2 heterocycles. The lowest BCUT2D eigenvalue weighted by molar-refractivity contribution is 0.326. The maximum atomic E-state index is 5.51. The lowest BCUT2D eigenvalue weighted by Gasteiger charge is -2.15. The van der Waals surface area contributed by atoms with Crippen molar-refractivity contribution in [2.24, 2.45) is 0 Å². The van der Waals surface area contributed by atoms with Gasteiger partial charge in [-0.3, -0.25) is 0 Å². The lowest BCUT2D eigenvalue weighted by atomic mass is 10.0. The van der Waals surface area contributed by atoms with Gasteiger partial charge in [-0.05, 0) is 24.3 Å². The predicted molar refractivity (Wildman–Crippen MR) is 103 cm³/mol. The molecule has 0 N–H and O–H groups in total. The highest BCUT2D eigenvalue weighted by molar-refractivity contribution is 9.10. The van der Waals surface area contributed by atoms with E-state index in [0.29, 0.717) is 29.8 Å². The molecule has 3 aromatic rings. The first-order chi connectivity index (χ1) is 12.6. The van der Waals surface area contributed by atoms with Gasteiger partial charge in [0.1, 0.15) is 0 Å². The minimum absolute atomic E-state index is 0.373. The van der Waals surface area contributed by atoms with E-state index >= 15 is 0 Å². The van der Waals surface area contributed by atoms with Crippen LogP contribution >= 0.6 is 15.9 Å². The van der Waals surface area contributed by atoms with E-state index in [2.05, 4.69) is 32.0 Å².